The van der Waals surface area contributed by atoms with E-state index >= 15 is 0 Å². The number of hydrogen-bond acceptors (Lipinski definition) is 1. The van der Waals surface area contributed by atoms with Crippen molar-refractivity contribution in [1.82, 2.24) is 4.90 Å². The molecule has 6 aliphatic rings. The van der Waals surface area contributed by atoms with E-state index in [4.69, 9.17) is 0 Å². The number of fused-ring (bicyclic) bond motifs is 3. The van der Waals surface area contributed by atoms with E-state index in [1.54, 1.807) is 22.5 Å². The Bertz CT molecular complexity index is 907. The lowest BCUT2D eigenvalue weighted by Gasteiger charge is -2.39. The Kier molecular flexibility index (Phi) is 5.33. The summed E-state index contributed by atoms with van der Waals surface area (Å²) in [5.41, 5.74) is 10.3. The molecule has 2 heteroatoms. The van der Waals surface area contributed by atoms with Gasteiger partial charge in [0.2, 0.25) is 0 Å². The van der Waals surface area contributed by atoms with Gasteiger partial charge < -0.3 is 4.90 Å². The van der Waals surface area contributed by atoms with Crippen molar-refractivity contribution in [2.45, 2.75) is 87.0 Å². The molecule has 1 saturated heterocycles. The van der Waals surface area contributed by atoms with Crippen molar-refractivity contribution in [1.29, 1.82) is 0 Å². The number of halogens is 1. The topological polar surface area (TPSA) is 3.24 Å². The van der Waals surface area contributed by atoms with Crippen LogP contribution in [0, 0.1) is 11.8 Å². The molecule has 0 spiro atoms. The Morgan fingerprint density at radius 2 is 1.73 bits per heavy atom. The van der Waals surface area contributed by atoms with Crippen LogP contribution < -0.4 is 0 Å². The van der Waals surface area contributed by atoms with Crippen molar-refractivity contribution in [3.8, 4) is 0 Å². The van der Waals surface area contributed by atoms with Crippen LogP contribution in [0.3, 0.4) is 0 Å². The lowest BCUT2D eigenvalue weighted by atomic mass is 9.71. The third kappa shape index (κ3) is 3.32. The first kappa shape index (κ1) is 19.6. The van der Waals surface area contributed by atoms with Gasteiger partial charge in [-0.15, -0.1) is 0 Å². The van der Waals surface area contributed by atoms with Gasteiger partial charge in [-0.1, -0.05) is 63.6 Å². The molecule has 0 aromatic heterocycles. The second-order valence-corrected chi connectivity index (χ2v) is 11.7. The second kappa shape index (κ2) is 8.15. The first-order chi connectivity index (χ1) is 14.8. The van der Waals surface area contributed by atoms with Gasteiger partial charge in [0.1, 0.15) is 0 Å². The number of allylic oxidation sites excluding steroid dienone is 10. The normalized spacial score (nSPS) is 35.7. The molecule has 6 rings (SSSR count). The van der Waals surface area contributed by atoms with E-state index in [0.717, 1.165) is 5.92 Å². The summed E-state index contributed by atoms with van der Waals surface area (Å²) in [6.07, 6.45) is 31.2. The fourth-order valence-corrected chi connectivity index (χ4v) is 7.70. The van der Waals surface area contributed by atoms with Crippen molar-refractivity contribution in [3.63, 3.8) is 0 Å². The molecule has 0 bridgehead atoms. The van der Waals surface area contributed by atoms with Crippen LogP contribution in [-0.4, -0.2) is 14.9 Å². The van der Waals surface area contributed by atoms with Gasteiger partial charge in [-0.25, -0.2) is 0 Å². The van der Waals surface area contributed by atoms with E-state index < -0.39 is 0 Å². The van der Waals surface area contributed by atoms with E-state index in [2.05, 4.69) is 63.9 Å². The van der Waals surface area contributed by atoms with Gasteiger partial charge in [0, 0.05) is 27.2 Å². The molecule has 1 nitrogen and oxygen atoms in total. The summed E-state index contributed by atoms with van der Waals surface area (Å²) >= 11 is 2.62. The molecule has 30 heavy (non-hydrogen) atoms. The maximum Gasteiger partial charge on any atom is 0.0522 e. The zero-order valence-electron chi connectivity index (χ0n) is 18.1. The smallest absolute Gasteiger partial charge is 0.0522 e. The van der Waals surface area contributed by atoms with Gasteiger partial charge >= 0.3 is 0 Å². The van der Waals surface area contributed by atoms with Gasteiger partial charge in [-0.05, 0) is 94.8 Å². The molecule has 0 radical (unpaired) electrons. The summed E-state index contributed by atoms with van der Waals surface area (Å²) in [6, 6.07) is 0.558. The number of nitrogens with zero attached hydrogens (tertiary/aromatic N) is 1. The monoisotopic (exact) mass is 511 g/mol. The highest BCUT2D eigenvalue weighted by Gasteiger charge is 2.41. The Morgan fingerprint density at radius 3 is 2.70 bits per heavy atom. The van der Waals surface area contributed by atoms with Crippen LogP contribution in [0.25, 0.3) is 0 Å². The van der Waals surface area contributed by atoms with Crippen molar-refractivity contribution in [2.75, 3.05) is 0 Å². The molecule has 5 aliphatic carbocycles. The van der Waals surface area contributed by atoms with E-state index in [1.807, 2.05) is 11.1 Å². The Balaban J connectivity index is 1.36. The van der Waals surface area contributed by atoms with Gasteiger partial charge in [0.05, 0.1) is 6.04 Å². The predicted molar refractivity (Wildman–Crippen MR) is 134 cm³/mol. The molecule has 1 aliphatic heterocycles. The molecule has 0 amide bonds. The van der Waals surface area contributed by atoms with Crippen LogP contribution in [-0.2, 0) is 0 Å². The van der Waals surface area contributed by atoms with Gasteiger partial charge in [0.25, 0.3) is 0 Å². The average molecular weight is 511 g/mol. The molecule has 1 heterocycles. The van der Waals surface area contributed by atoms with E-state index in [-0.39, 0.29) is 0 Å². The number of hydrogen-bond donors (Lipinski definition) is 0. The van der Waals surface area contributed by atoms with Crippen molar-refractivity contribution < 1.29 is 0 Å². The first-order valence-electron chi connectivity index (χ1n) is 12.4. The number of likely N-dealkylation sites (tertiary alicyclic amines) is 1. The first-order valence-corrected chi connectivity index (χ1v) is 13.7. The zero-order chi connectivity index (χ0) is 20.1. The van der Waals surface area contributed by atoms with Crippen LogP contribution in [0.5, 0.6) is 0 Å². The third-order valence-electron chi connectivity index (χ3n) is 8.41. The van der Waals surface area contributed by atoms with Crippen molar-refractivity contribution in [3.05, 3.63) is 70.1 Å². The summed E-state index contributed by atoms with van der Waals surface area (Å²) in [5, 5.41) is 0. The lowest BCUT2D eigenvalue weighted by molar-refractivity contribution is 0.332. The summed E-state index contributed by atoms with van der Waals surface area (Å²) in [7, 11) is 0. The molecule has 4 atom stereocenters. The SMILES string of the molecule is IC1C=C2C(=CC1)C1CC=CC=C1N2C1C=C(C2CCCC3=C2CCCC3)CCC1. The fraction of sp³-hybridized carbons (Fsp3) is 0.571. The van der Waals surface area contributed by atoms with Crippen LogP contribution >= 0.6 is 22.6 Å². The molecule has 158 valence electrons. The molecular weight excluding hydrogens is 477 g/mol. The van der Waals surface area contributed by atoms with Crippen molar-refractivity contribution in [2.24, 2.45) is 11.8 Å². The third-order valence-corrected chi connectivity index (χ3v) is 9.28. The molecule has 0 aromatic rings. The zero-order valence-corrected chi connectivity index (χ0v) is 20.2. The molecule has 0 aromatic carbocycles. The molecule has 0 N–H and O–H groups in total. The molecule has 1 fully saturated rings. The molecule has 0 saturated carbocycles. The lowest BCUT2D eigenvalue weighted by Crippen LogP contribution is -2.33. The second-order valence-electron chi connectivity index (χ2n) is 10.1. The summed E-state index contributed by atoms with van der Waals surface area (Å²) in [5.74, 6) is 1.38. The molecule has 4 unspecified atom stereocenters. The fourth-order valence-electron chi connectivity index (χ4n) is 7.11. The standard InChI is InChI=1S/C28H34IN/c29-21-15-16-26-25-12-3-4-14-27(25)30(28(26)18-21)22-10-5-9-20(17-22)24-13-6-8-19-7-1-2-11-23(19)24/h3-4,14,16-18,21-22,24-25H,1-2,5-13,15H2. The highest BCUT2D eigenvalue weighted by Crippen LogP contribution is 2.50. The number of alkyl halides is 1. The van der Waals surface area contributed by atoms with Crippen molar-refractivity contribution >= 4 is 22.6 Å². The summed E-state index contributed by atoms with van der Waals surface area (Å²) in [4.78, 5) is 2.77. The van der Waals surface area contributed by atoms with Crippen LogP contribution in [0.4, 0.5) is 0 Å². The minimum atomic E-state index is 0.558. The van der Waals surface area contributed by atoms with Crippen LogP contribution in [0.15, 0.2) is 70.1 Å². The number of rotatable bonds is 2. The average Bonchev–Trinajstić information content (AvgIpc) is 3.12. The maximum absolute atomic E-state index is 2.77. The Labute approximate surface area is 195 Å². The van der Waals surface area contributed by atoms with E-state index in [0.29, 0.717) is 15.9 Å². The minimum Gasteiger partial charge on any atom is -0.338 e. The highest BCUT2D eigenvalue weighted by atomic mass is 127. The maximum atomic E-state index is 2.77. The largest absolute Gasteiger partial charge is 0.338 e. The van der Waals surface area contributed by atoms with Gasteiger partial charge in [-0.2, -0.15) is 0 Å². The Hall–Kier alpha value is -1.03. The molecular formula is C28H34IN. The predicted octanol–water partition coefficient (Wildman–Crippen LogP) is 7.93. The van der Waals surface area contributed by atoms with E-state index in [9.17, 15) is 0 Å². The quantitative estimate of drug-likeness (QED) is 0.207. The van der Waals surface area contributed by atoms with Gasteiger partial charge in [-0.3, -0.25) is 0 Å². The van der Waals surface area contributed by atoms with Crippen LogP contribution in [0.1, 0.15) is 77.0 Å². The Morgan fingerprint density at radius 1 is 0.867 bits per heavy atom. The van der Waals surface area contributed by atoms with Crippen LogP contribution in [0.2, 0.25) is 0 Å². The van der Waals surface area contributed by atoms with E-state index in [1.165, 1.54) is 77.0 Å². The summed E-state index contributed by atoms with van der Waals surface area (Å²) in [6.45, 7) is 0. The minimum absolute atomic E-state index is 0.558. The van der Waals surface area contributed by atoms with Gasteiger partial charge in [0.15, 0.2) is 0 Å². The highest BCUT2D eigenvalue weighted by molar-refractivity contribution is 14.1. The summed E-state index contributed by atoms with van der Waals surface area (Å²) < 4.78 is 0.637.